The molecule has 40 heavy (non-hydrogen) atoms. The number of nitrogens with two attached hydrogens (primary N) is 3. The molecule has 0 aliphatic rings. The highest BCUT2D eigenvalue weighted by atomic mass is 16.4. The van der Waals surface area contributed by atoms with Crippen molar-refractivity contribution < 1.29 is 34.2 Å². The Hall–Kier alpha value is -5.00. The van der Waals surface area contributed by atoms with E-state index in [4.69, 9.17) is 17.2 Å². The van der Waals surface area contributed by atoms with Crippen molar-refractivity contribution in [1.82, 2.24) is 35.9 Å². The molecule has 218 valence electrons. The molecule has 0 aliphatic carbocycles. The molecule has 0 saturated heterocycles. The second kappa shape index (κ2) is 15.4. The molecular weight excluding hydrogens is 530 g/mol. The zero-order chi connectivity index (χ0) is 29.7. The third-order valence-electron chi connectivity index (χ3n) is 5.51. The van der Waals surface area contributed by atoms with Gasteiger partial charge in [0.1, 0.15) is 18.1 Å². The molecule has 0 saturated carbocycles. The van der Waals surface area contributed by atoms with E-state index in [-0.39, 0.29) is 38.2 Å². The Morgan fingerprint density at radius 3 is 1.93 bits per heavy atom. The number of hydrogen-bond acceptors (Lipinski definition) is 9. The maximum Gasteiger partial charge on any atom is 0.326 e. The smallest absolute Gasteiger partial charge is 0.326 e. The molecule has 0 aromatic carbocycles. The summed E-state index contributed by atoms with van der Waals surface area (Å²) in [7, 11) is 0. The first-order valence-corrected chi connectivity index (χ1v) is 12.1. The number of nitrogens with zero attached hydrogens (tertiary/aromatic N) is 3. The third kappa shape index (κ3) is 10.8. The van der Waals surface area contributed by atoms with Crippen LogP contribution in [0.5, 0.6) is 0 Å². The first-order chi connectivity index (χ1) is 19.0. The highest BCUT2D eigenvalue weighted by Crippen LogP contribution is 2.05. The fourth-order valence-corrected chi connectivity index (χ4v) is 3.52. The quantitative estimate of drug-likeness (QED) is 0.0505. The number of aromatic amines is 2. The lowest BCUT2D eigenvalue weighted by Gasteiger charge is -2.24. The largest absolute Gasteiger partial charge is 0.481 e. The van der Waals surface area contributed by atoms with Crippen molar-refractivity contribution >= 4 is 35.6 Å². The molecule has 0 aliphatic heterocycles. The summed E-state index contributed by atoms with van der Waals surface area (Å²) in [6, 6.07) is -5.43. The molecule has 0 radical (unpaired) electrons. The van der Waals surface area contributed by atoms with Gasteiger partial charge < -0.3 is 53.3 Å². The summed E-state index contributed by atoms with van der Waals surface area (Å²) in [6.45, 7) is 0.120. The number of imidazole rings is 2. The zero-order valence-corrected chi connectivity index (χ0v) is 21.4. The Kier molecular flexibility index (Phi) is 12.0. The molecule has 0 spiro atoms. The summed E-state index contributed by atoms with van der Waals surface area (Å²) >= 11 is 0. The summed E-state index contributed by atoms with van der Waals surface area (Å²) in [5.74, 6) is -5.64. The maximum atomic E-state index is 13.1. The number of aliphatic carboxylic acids is 2. The summed E-state index contributed by atoms with van der Waals surface area (Å²) in [6.07, 6.45) is 4.88. The van der Waals surface area contributed by atoms with Crippen molar-refractivity contribution in [2.75, 3.05) is 6.54 Å². The Morgan fingerprint density at radius 2 is 1.40 bits per heavy atom. The van der Waals surface area contributed by atoms with Crippen LogP contribution in [0.4, 0.5) is 0 Å². The minimum absolute atomic E-state index is 0.00408. The number of aliphatic imine (C=N–C) groups is 1. The second-order valence-electron chi connectivity index (χ2n) is 8.74. The number of aromatic nitrogens is 4. The van der Waals surface area contributed by atoms with Crippen molar-refractivity contribution in [2.45, 2.75) is 56.3 Å². The van der Waals surface area contributed by atoms with Crippen LogP contribution in [0, 0.1) is 0 Å². The first-order valence-electron chi connectivity index (χ1n) is 12.1. The molecule has 2 aromatic rings. The van der Waals surface area contributed by atoms with E-state index in [2.05, 4.69) is 40.9 Å². The number of hydrogen-bond donors (Lipinski definition) is 10. The van der Waals surface area contributed by atoms with E-state index >= 15 is 0 Å². The maximum absolute atomic E-state index is 13.1. The number of rotatable bonds is 17. The molecule has 4 unspecified atom stereocenters. The molecule has 2 heterocycles. The fourth-order valence-electron chi connectivity index (χ4n) is 3.52. The minimum Gasteiger partial charge on any atom is -0.481 e. The molecule has 2 rings (SSSR count). The van der Waals surface area contributed by atoms with E-state index < -0.39 is 60.2 Å². The SMILES string of the molecule is NC(N)=NCCCC(NC(=O)C(N)Cc1cnc[nH]1)C(=O)NC(CC(=O)O)C(=O)NC(Cc1cnc[nH]1)C(=O)O. The van der Waals surface area contributed by atoms with Gasteiger partial charge in [0.2, 0.25) is 17.7 Å². The van der Waals surface area contributed by atoms with Crippen LogP contribution in [0.3, 0.4) is 0 Å². The number of carbonyl (C=O) groups is 5. The molecular formula is C22H33N11O7. The van der Waals surface area contributed by atoms with Gasteiger partial charge in [-0.15, -0.1) is 0 Å². The molecule has 2 aromatic heterocycles. The molecule has 0 fully saturated rings. The number of amides is 3. The van der Waals surface area contributed by atoms with Gasteiger partial charge in [-0.25, -0.2) is 14.8 Å². The minimum atomic E-state index is -1.66. The topological polar surface area (TPSA) is 310 Å². The van der Waals surface area contributed by atoms with Gasteiger partial charge in [-0.3, -0.25) is 24.2 Å². The number of carbonyl (C=O) groups excluding carboxylic acids is 3. The van der Waals surface area contributed by atoms with Crippen LogP contribution < -0.4 is 33.2 Å². The summed E-state index contributed by atoms with van der Waals surface area (Å²) in [4.78, 5) is 78.8. The molecule has 0 bridgehead atoms. The average Bonchev–Trinajstić information content (AvgIpc) is 3.58. The van der Waals surface area contributed by atoms with Crippen LogP contribution in [0.15, 0.2) is 30.0 Å². The fraction of sp³-hybridized carbons (Fsp3) is 0.455. The summed E-state index contributed by atoms with van der Waals surface area (Å²) in [5, 5.41) is 25.8. The van der Waals surface area contributed by atoms with Gasteiger partial charge >= 0.3 is 11.9 Å². The van der Waals surface area contributed by atoms with E-state index in [1.54, 1.807) is 0 Å². The predicted molar refractivity (Wildman–Crippen MR) is 138 cm³/mol. The van der Waals surface area contributed by atoms with Crippen molar-refractivity contribution in [1.29, 1.82) is 0 Å². The summed E-state index contributed by atoms with van der Waals surface area (Å²) in [5.41, 5.74) is 17.6. The van der Waals surface area contributed by atoms with Crippen LogP contribution in [0.2, 0.25) is 0 Å². The van der Waals surface area contributed by atoms with Crippen LogP contribution in [0.25, 0.3) is 0 Å². The molecule has 3 amide bonds. The van der Waals surface area contributed by atoms with Gasteiger partial charge in [-0.05, 0) is 12.8 Å². The third-order valence-corrected chi connectivity index (χ3v) is 5.51. The lowest BCUT2D eigenvalue weighted by atomic mass is 10.1. The van der Waals surface area contributed by atoms with E-state index in [0.29, 0.717) is 11.4 Å². The van der Waals surface area contributed by atoms with Gasteiger partial charge in [0.15, 0.2) is 5.96 Å². The van der Waals surface area contributed by atoms with Gasteiger partial charge in [-0.2, -0.15) is 0 Å². The van der Waals surface area contributed by atoms with E-state index in [1.807, 2.05) is 0 Å². The molecule has 4 atom stereocenters. The van der Waals surface area contributed by atoms with E-state index in [9.17, 15) is 34.2 Å². The Morgan fingerprint density at radius 1 is 0.850 bits per heavy atom. The Balaban J connectivity index is 2.14. The van der Waals surface area contributed by atoms with Crippen molar-refractivity contribution in [3.05, 3.63) is 36.4 Å². The standard InChI is InChI=1S/C22H33N11O7/c23-13(4-11-7-26-9-29-11)18(36)31-14(2-1-3-28-22(24)25)19(37)32-15(6-17(34)35)20(38)33-16(21(39)40)5-12-8-27-10-30-12/h7-10,13-16H,1-6,23H2,(H,26,29)(H,27,30)(H,31,36)(H,32,37)(H,33,38)(H,34,35)(H,39,40)(H4,24,25,28). The van der Waals surface area contributed by atoms with Gasteiger partial charge in [0, 0.05) is 43.2 Å². The van der Waals surface area contributed by atoms with E-state index in [0.717, 1.165) is 0 Å². The van der Waals surface area contributed by atoms with Crippen molar-refractivity contribution in [3.63, 3.8) is 0 Å². The number of guanidine groups is 1. The Bertz CT molecular complexity index is 1160. The lowest BCUT2D eigenvalue weighted by Crippen LogP contribution is -2.57. The second-order valence-corrected chi connectivity index (χ2v) is 8.74. The van der Waals surface area contributed by atoms with Crippen molar-refractivity contribution in [3.8, 4) is 0 Å². The van der Waals surface area contributed by atoms with Crippen molar-refractivity contribution in [2.24, 2.45) is 22.2 Å². The highest BCUT2D eigenvalue weighted by molar-refractivity contribution is 5.95. The number of carboxylic acid groups (broad SMARTS) is 2. The number of carboxylic acids is 2. The van der Waals surface area contributed by atoms with Crippen LogP contribution in [-0.2, 0) is 36.8 Å². The number of nitrogens with one attached hydrogen (secondary N) is 5. The predicted octanol–water partition coefficient (Wildman–Crippen LogP) is -3.69. The average molecular weight is 564 g/mol. The summed E-state index contributed by atoms with van der Waals surface area (Å²) < 4.78 is 0. The normalized spacial score (nSPS) is 13.7. The molecule has 18 nitrogen and oxygen atoms in total. The lowest BCUT2D eigenvalue weighted by molar-refractivity contribution is -0.143. The zero-order valence-electron chi connectivity index (χ0n) is 21.4. The number of H-pyrrole nitrogens is 2. The highest BCUT2D eigenvalue weighted by Gasteiger charge is 2.32. The van der Waals surface area contributed by atoms with Crippen LogP contribution in [-0.4, -0.2) is 96.5 Å². The van der Waals surface area contributed by atoms with Crippen LogP contribution in [0.1, 0.15) is 30.7 Å². The first kappa shape index (κ1) is 31.2. The van der Waals surface area contributed by atoms with Crippen LogP contribution >= 0.6 is 0 Å². The van der Waals surface area contributed by atoms with Gasteiger partial charge in [-0.1, -0.05) is 0 Å². The van der Waals surface area contributed by atoms with E-state index in [1.165, 1.54) is 25.0 Å². The van der Waals surface area contributed by atoms with Gasteiger partial charge in [0.25, 0.3) is 0 Å². The molecule has 18 heteroatoms. The molecule has 13 N–H and O–H groups in total. The Labute approximate surface area is 227 Å². The monoisotopic (exact) mass is 563 g/mol. The van der Waals surface area contributed by atoms with Gasteiger partial charge in [0.05, 0.1) is 25.1 Å².